The molecule has 0 bridgehead atoms. The van der Waals surface area contributed by atoms with Crippen molar-refractivity contribution in [1.29, 1.82) is 0 Å². The Kier molecular flexibility index (Phi) is 4.28. The molecule has 0 radical (unpaired) electrons. The molecule has 2 rings (SSSR count). The third-order valence-corrected chi connectivity index (χ3v) is 4.60. The first kappa shape index (κ1) is 13.8. The summed E-state index contributed by atoms with van der Waals surface area (Å²) in [6, 6.07) is 0. The SMILES string of the molecule is CN(CC1(N(C)C)CCC1)C(=O)CNCC1CC1. The zero-order valence-electron chi connectivity index (χ0n) is 12.0. The van der Waals surface area contributed by atoms with E-state index < -0.39 is 0 Å². The molecule has 0 aliphatic heterocycles. The van der Waals surface area contributed by atoms with Gasteiger partial charge in [-0.25, -0.2) is 0 Å². The largest absolute Gasteiger partial charge is 0.343 e. The topological polar surface area (TPSA) is 35.6 Å². The number of hydrogen-bond acceptors (Lipinski definition) is 3. The molecule has 0 spiro atoms. The van der Waals surface area contributed by atoms with Crippen LogP contribution in [0.3, 0.4) is 0 Å². The molecule has 1 N–H and O–H groups in total. The summed E-state index contributed by atoms with van der Waals surface area (Å²) < 4.78 is 0. The zero-order valence-corrected chi connectivity index (χ0v) is 12.0. The molecule has 2 aliphatic rings. The fourth-order valence-electron chi connectivity index (χ4n) is 2.70. The summed E-state index contributed by atoms with van der Waals surface area (Å²) in [7, 11) is 6.19. The molecular weight excluding hydrogens is 226 g/mol. The molecule has 0 aromatic heterocycles. The summed E-state index contributed by atoms with van der Waals surface area (Å²) in [5.41, 5.74) is 0.237. The van der Waals surface area contributed by atoms with E-state index in [0.29, 0.717) is 6.54 Å². The van der Waals surface area contributed by atoms with Crippen LogP contribution in [0.15, 0.2) is 0 Å². The number of rotatable bonds is 7. The first-order valence-corrected chi connectivity index (χ1v) is 7.16. The van der Waals surface area contributed by atoms with Gasteiger partial charge in [0, 0.05) is 19.1 Å². The van der Waals surface area contributed by atoms with E-state index in [4.69, 9.17) is 0 Å². The number of nitrogens with one attached hydrogen (secondary N) is 1. The Labute approximate surface area is 111 Å². The lowest BCUT2D eigenvalue weighted by molar-refractivity contribution is -0.131. The van der Waals surface area contributed by atoms with Crippen LogP contribution < -0.4 is 5.32 Å². The minimum Gasteiger partial charge on any atom is -0.343 e. The molecule has 4 heteroatoms. The Morgan fingerprint density at radius 3 is 2.39 bits per heavy atom. The molecule has 0 aromatic carbocycles. The second kappa shape index (κ2) is 5.57. The highest BCUT2D eigenvalue weighted by molar-refractivity contribution is 5.78. The lowest BCUT2D eigenvalue weighted by Gasteiger charge is -2.49. The number of likely N-dealkylation sites (N-methyl/N-ethyl adjacent to an activating group) is 2. The quantitative estimate of drug-likeness (QED) is 0.733. The van der Waals surface area contributed by atoms with Crippen LogP contribution in [-0.2, 0) is 4.79 Å². The maximum atomic E-state index is 12.0. The van der Waals surface area contributed by atoms with Gasteiger partial charge in [0.15, 0.2) is 0 Å². The van der Waals surface area contributed by atoms with Crippen LogP contribution in [0.1, 0.15) is 32.1 Å². The van der Waals surface area contributed by atoms with Crippen molar-refractivity contribution < 1.29 is 4.79 Å². The van der Waals surface area contributed by atoms with Crippen molar-refractivity contribution >= 4 is 5.91 Å². The zero-order chi connectivity index (χ0) is 13.2. The van der Waals surface area contributed by atoms with E-state index >= 15 is 0 Å². The normalized spacial score (nSPS) is 21.8. The average Bonchev–Trinajstić information content (AvgIpc) is 3.06. The Morgan fingerprint density at radius 2 is 1.94 bits per heavy atom. The van der Waals surface area contributed by atoms with Gasteiger partial charge in [-0.3, -0.25) is 4.79 Å². The summed E-state index contributed by atoms with van der Waals surface area (Å²) >= 11 is 0. The van der Waals surface area contributed by atoms with Crippen LogP contribution in [0, 0.1) is 5.92 Å². The third kappa shape index (κ3) is 3.23. The molecule has 2 saturated carbocycles. The summed E-state index contributed by atoms with van der Waals surface area (Å²) in [6.45, 7) is 2.37. The highest BCUT2D eigenvalue weighted by Crippen LogP contribution is 2.36. The van der Waals surface area contributed by atoms with E-state index in [9.17, 15) is 4.79 Å². The minimum absolute atomic E-state index is 0.226. The lowest BCUT2D eigenvalue weighted by atomic mass is 9.75. The molecule has 2 aliphatic carbocycles. The van der Waals surface area contributed by atoms with Crippen molar-refractivity contribution in [2.45, 2.75) is 37.6 Å². The predicted molar refractivity (Wildman–Crippen MR) is 73.5 cm³/mol. The second-order valence-corrected chi connectivity index (χ2v) is 6.30. The number of carbonyl (C=O) groups excluding carboxylic acids is 1. The Balaban J connectivity index is 1.71. The van der Waals surface area contributed by atoms with Gasteiger partial charge in [-0.05, 0) is 58.7 Å². The molecule has 0 saturated heterocycles. The van der Waals surface area contributed by atoms with Gasteiger partial charge in [0.25, 0.3) is 0 Å². The Hall–Kier alpha value is -0.610. The maximum Gasteiger partial charge on any atom is 0.236 e. The molecule has 0 aromatic rings. The molecule has 1 amide bonds. The summed E-state index contributed by atoms with van der Waals surface area (Å²) in [4.78, 5) is 16.2. The minimum atomic E-state index is 0.226. The van der Waals surface area contributed by atoms with Crippen LogP contribution in [-0.4, -0.2) is 62.0 Å². The fourth-order valence-corrected chi connectivity index (χ4v) is 2.70. The number of carbonyl (C=O) groups is 1. The van der Waals surface area contributed by atoms with Gasteiger partial charge < -0.3 is 15.1 Å². The van der Waals surface area contributed by atoms with Gasteiger partial charge in [0.1, 0.15) is 0 Å². The number of amides is 1. The first-order chi connectivity index (χ1) is 8.53. The van der Waals surface area contributed by atoms with Crippen LogP contribution >= 0.6 is 0 Å². The van der Waals surface area contributed by atoms with Gasteiger partial charge in [0.2, 0.25) is 5.91 Å². The molecule has 0 unspecified atom stereocenters. The van der Waals surface area contributed by atoms with E-state index in [-0.39, 0.29) is 11.4 Å². The molecule has 4 nitrogen and oxygen atoms in total. The van der Waals surface area contributed by atoms with Crippen molar-refractivity contribution in [1.82, 2.24) is 15.1 Å². The monoisotopic (exact) mass is 253 g/mol. The predicted octanol–water partition coefficient (Wildman–Crippen LogP) is 0.929. The van der Waals surface area contributed by atoms with Gasteiger partial charge in [-0.1, -0.05) is 0 Å². The van der Waals surface area contributed by atoms with E-state index in [0.717, 1.165) is 19.0 Å². The van der Waals surface area contributed by atoms with Crippen molar-refractivity contribution in [3.05, 3.63) is 0 Å². The van der Waals surface area contributed by atoms with E-state index in [2.05, 4.69) is 24.3 Å². The lowest BCUT2D eigenvalue weighted by Crippen LogP contribution is -2.58. The smallest absolute Gasteiger partial charge is 0.236 e. The Bertz CT molecular complexity index is 295. The summed E-state index contributed by atoms with van der Waals surface area (Å²) in [5.74, 6) is 1.06. The van der Waals surface area contributed by atoms with Gasteiger partial charge >= 0.3 is 0 Å². The van der Waals surface area contributed by atoms with Gasteiger partial charge in [-0.15, -0.1) is 0 Å². The molecule has 0 atom stereocenters. The summed E-state index contributed by atoms with van der Waals surface area (Å²) in [6.07, 6.45) is 6.39. The molecule has 0 heterocycles. The molecule has 18 heavy (non-hydrogen) atoms. The van der Waals surface area contributed by atoms with Crippen molar-refractivity contribution in [3.63, 3.8) is 0 Å². The maximum absolute atomic E-state index is 12.0. The number of nitrogens with zero attached hydrogens (tertiary/aromatic N) is 2. The van der Waals surface area contributed by atoms with Gasteiger partial charge in [0.05, 0.1) is 6.54 Å². The van der Waals surface area contributed by atoms with Gasteiger partial charge in [-0.2, -0.15) is 0 Å². The molecular formula is C14H27N3O. The van der Waals surface area contributed by atoms with Crippen molar-refractivity contribution in [2.24, 2.45) is 5.92 Å². The fraction of sp³-hybridized carbons (Fsp3) is 0.929. The van der Waals surface area contributed by atoms with Crippen molar-refractivity contribution in [3.8, 4) is 0 Å². The van der Waals surface area contributed by atoms with Crippen LogP contribution in [0.2, 0.25) is 0 Å². The van der Waals surface area contributed by atoms with Crippen LogP contribution in [0.4, 0.5) is 0 Å². The first-order valence-electron chi connectivity index (χ1n) is 7.16. The highest BCUT2D eigenvalue weighted by atomic mass is 16.2. The second-order valence-electron chi connectivity index (χ2n) is 6.30. The van der Waals surface area contributed by atoms with E-state index in [1.54, 1.807) is 0 Å². The van der Waals surface area contributed by atoms with E-state index in [1.165, 1.54) is 32.1 Å². The van der Waals surface area contributed by atoms with Crippen LogP contribution in [0.25, 0.3) is 0 Å². The molecule has 2 fully saturated rings. The standard InChI is InChI=1S/C14H27N3O/c1-16(2)14(7-4-8-14)11-17(3)13(18)10-15-9-12-5-6-12/h12,15H,4-11H2,1-3H3. The highest BCUT2D eigenvalue weighted by Gasteiger charge is 2.40. The summed E-state index contributed by atoms with van der Waals surface area (Å²) in [5, 5.41) is 3.27. The third-order valence-electron chi connectivity index (χ3n) is 4.60. The van der Waals surface area contributed by atoms with Crippen molar-refractivity contribution in [2.75, 3.05) is 40.8 Å². The Morgan fingerprint density at radius 1 is 1.28 bits per heavy atom. The average molecular weight is 253 g/mol. The molecule has 104 valence electrons. The van der Waals surface area contributed by atoms with E-state index in [1.807, 2.05) is 11.9 Å². The van der Waals surface area contributed by atoms with Crippen LogP contribution in [0.5, 0.6) is 0 Å². The number of hydrogen-bond donors (Lipinski definition) is 1.